The molecule has 0 atom stereocenters. The van der Waals surface area contributed by atoms with Gasteiger partial charge in [0.2, 0.25) is 0 Å². The highest BCUT2D eigenvalue weighted by Crippen LogP contribution is 2.54. The van der Waals surface area contributed by atoms with Gasteiger partial charge in [-0.25, -0.2) is 9.97 Å². The highest BCUT2D eigenvalue weighted by atomic mass is 19.4. The Balaban J connectivity index is 1.73. The molecule has 13 heteroatoms. The molecule has 0 amide bonds. The van der Waals surface area contributed by atoms with Crippen molar-refractivity contribution in [2.45, 2.75) is 56.0 Å². The van der Waals surface area contributed by atoms with E-state index in [9.17, 15) is 44.6 Å². The van der Waals surface area contributed by atoms with Gasteiger partial charge in [-0.05, 0) is 37.1 Å². The van der Waals surface area contributed by atoms with E-state index in [2.05, 4.69) is 9.97 Å². The van der Waals surface area contributed by atoms with Crippen molar-refractivity contribution in [3.05, 3.63) is 36.7 Å². The first-order valence-electron chi connectivity index (χ1n) is 9.63. The topological polar surface area (TPSA) is 55.2 Å². The molecule has 1 aromatic heterocycles. The summed E-state index contributed by atoms with van der Waals surface area (Å²) in [6.07, 6.45) is -6.20. The molecule has 0 aliphatic heterocycles. The van der Waals surface area contributed by atoms with Gasteiger partial charge in [-0.3, -0.25) is 0 Å². The summed E-state index contributed by atoms with van der Waals surface area (Å²) in [5.41, 5.74) is 0.648. The zero-order valence-corrected chi connectivity index (χ0v) is 16.9. The van der Waals surface area contributed by atoms with Crippen molar-refractivity contribution >= 4 is 0 Å². The first kappa shape index (κ1) is 26.5. The molecule has 0 aliphatic carbocycles. The molecule has 0 fully saturated rings. The molecule has 0 saturated heterocycles. The summed E-state index contributed by atoms with van der Waals surface area (Å²) in [5, 5.41) is 9.26. The number of unbranched alkanes of at least 4 members (excludes halogenated alkanes) is 3. The quantitative estimate of drug-likeness (QED) is 0.283. The van der Waals surface area contributed by atoms with E-state index in [4.69, 9.17) is 4.74 Å². The van der Waals surface area contributed by atoms with Crippen molar-refractivity contribution in [2.24, 2.45) is 0 Å². The summed E-state index contributed by atoms with van der Waals surface area (Å²) >= 11 is 0. The minimum atomic E-state index is -6.85. The van der Waals surface area contributed by atoms with Crippen molar-refractivity contribution in [1.82, 2.24) is 9.97 Å². The molecule has 0 bridgehead atoms. The molecule has 0 aliphatic rings. The zero-order chi connectivity index (χ0) is 24.9. The van der Waals surface area contributed by atoms with E-state index in [1.54, 1.807) is 12.1 Å². The predicted octanol–water partition coefficient (Wildman–Crippen LogP) is 6.65. The first-order chi connectivity index (χ1) is 15.2. The SMILES string of the molecule is Oc1ccc(-c2ncc(OCCCCCCC(F)(F)C(F)(F)C(F)(F)C(F)(F)F)cn2)cc1. The van der Waals surface area contributed by atoms with Crippen molar-refractivity contribution in [2.75, 3.05) is 6.61 Å². The Morgan fingerprint density at radius 3 is 1.82 bits per heavy atom. The lowest BCUT2D eigenvalue weighted by Crippen LogP contribution is -2.60. The van der Waals surface area contributed by atoms with Gasteiger partial charge in [-0.1, -0.05) is 12.8 Å². The van der Waals surface area contributed by atoms with Gasteiger partial charge in [0.25, 0.3) is 0 Å². The molecule has 0 radical (unpaired) electrons. The van der Waals surface area contributed by atoms with Crippen LogP contribution >= 0.6 is 0 Å². The molecule has 1 heterocycles. The average Bonchev–Trinajstić information content (AvgIpc) is 2.73. The van der Waals surface area contributed by atoms with E-state index >= 15 is 0 Å². The molecule has 33 heavy (non-hydrogen) atoms. The van der Waals surface area contributed by atoms with Crippen LogP contribution in [0.15, 0.2) is 36.7 Å². The van der Waals surface area contributed by atoms with Crippen LogP contribution in [0.1, 0.15) is 32.1 Å². The molecular weight excluding hydrogens is 471 g/mol. The second-order valence-corrected chi connectivity index (χ2v) is 7.15. The second-order valence-electron chi connectivity index (χ2n) is 7.15. The number of nitrogens with zero attached hydrogens (tertiary/aromatic N) is 2. The van der Waals surface area contributed by atoms with E-state index in [1.165, 1.54) is 24.5 Å². The van der Waals surface area contributed by atoms with Crippen LogP contribution in [0.5, 0.6) is 11.5 Å². The summed E-state index contributed by atoms with van der Waals surface area (Å²) in [6, 6.07) is 6.13. The lowest BCUT2D eigenvalue weighted by Gasteiger charge is -2.33. The van der Waals surface area contributed by atoms with Crippen LogP contribution < -0.4 is 4.74 Å². The van der Waals surface area contributed by atoms with Crippen LogP contribution in [0, 0.1) is 0 Å². The van der Waals surface area contributed by atoms with Gasteiger partial charge < -0.3 is 9.84 Å². The average molecular weight is 490 g/mol. The number of phenols is 1. The van der Waals surface area contributed by atoms with Crippen LogP contribution in [-0.4, -0.2) is 45.6 Å². The van der Waals surface area contributed by atoms with E-state index in [0.29, 0.717) is 11.4 Å². The summed E-state index contributed by atoms with van der Waals surface area (Å²) in [5.74, 6) is -18.2. The number of phenolic OH excluding ortho intramolecular Hbond substituents is 1. The molecule has 0 spiro atoms. The summed E-state index contributed by atoms with van der Waals surface area (Å²) in [6.45, 7) is 0.0839. The van der Waals surface area contributed by atoms with Crippen molar-refractivity contribution in [3.63, 3.8) is 0 Å². The smallest absolute Gasteiger partial charge is 0.460 e. The van der Waals surface area contributed by atoms with E-state index in [-0.39, 0.29) is 37.4 Å². The van der Waals surface area contributed by atoms with Crippen LogP contribution in [0.25, 0.3) is 11.4 Å². The van der Waals surface area contributed by atoms with Gasteiger partial charge in [-0.15, -0.1) is 0 Å². The maximum atomic E-state index is 13.4. The first-order valence-corrected chi connectivity index (χ1v) is 9.63. The normalized spacial score (nSPS) is 13.2. The third-order valence-electron chi connectivity index (χ3n) is 4.62. The number of aromatic hydroxyl groups is 1. The number of ether oxygens (including phenoxy) is 1. The number of benzene rings is 1. The van der Waals surface area contributed by atoms with Crippen LogP contribution in [-0.2, 0) is 0 Å². The highest BCUT2D eigenvalue weighted by Gasteiger charge is 2.81. The lowest BCUT2D eigenvalue weighted by molar-refractivity contribution is -0.396. The molecule has 0 unspecified atom stereocenters. The Bertz CT molecular complexity index is 886. The molecular formula is C20H19F9N2O2. The Morgan fingerprint density at radius 2 is 1.27 bits per heavy atom. The van der Waals surface area contributed by atoms with Crippen LogP contribution in [0.4, 0.5) is 39.5 Å². The van der Waals surface area contributed by atoms with E-state index in [1.807, 2.05) is 0 Å². The van der Waals surface area contributed by atoms with Crippen molar-refractivity contribution in [3.8, 4) is 22.9 Å². The van der Waals surface area contributed by atoms with E-state index < -0.39 is 36.8 Å². The summed E-state index contributed by atoms with van der Waals surface area (Å²) in [7, 11) is 0. The van der Waals surface area contributed by atoms with Gasteiger partial charge in [0.15, 0.2) is 11.6 Å². The fourth-order valence-corrected chi connectivity index (χ4v) is 2.71. The van der Waals surface area contributed by atoms with Gasteiger partial charge >= 0.3 is 23.9 Å². The molecule has 184 valence electrons. The summed E-state index contributed by atoms with van der Waals surface area (Å²) < 4.78 is 120. The number of alkyl halides is 9. The third kappa shape index (κ3) is 6.20. The Hall–Kier alpha value is -2.73. The number of halogens is 9. The van der Waals surface area contributed by atoms with Gasteiger partial charge in [-0.2, -0.15) is 39.5 Å². The van der Waals surface area contributed by atoms with Crippen LogP contribution in [0.2, 0.25) is 0 Å². The molecule has 0 saturated carbocycles. The van der Waals surface area contributed by atoms with Crippen molar-refractivity contribution < 1.29 is 49.4 Å². The molecule has 1 N–H and O–H groups in total. The predicted molar refractivity (Wildman–Crippen MR) is 98.6 cm³/mol. The molecule has 4 nitrogen and oxygen atoms in total. The van der Waals surface area contributed by atoms with Gasteiger partial charge in [0.05, 0.1) is 19.0 Å². The zero-order valence-electron chi connectivity index (χ0n) is 16.9. The van der Waals surface area contributed by atoms with Gasteiger partial charge in [0, 0.05) is 12.0 Å². The Morgan fingerprint density at radius 1 is 0.727 bits per heavy atom. The summed E-state index contributed by atoms with van der Waals surface area (Å²) in [4.78, 5) is 8.16. The van der Waals surface area contributed by atoms with Crippen molar-refractivity contribution in [1.29, 1.82) is 0 Å². The number of rotatable bonds is 11. The standard InChI is InChI=1S/C20H19F9N2O2/c21-17(22,18(23,24)19(25,26)20(27,28)29)9-3-1-2-4-10-33-15-11-30-16(31-12-15)13-5-7-14(32)8-6-13/h5-8,11-12,32H,1-4,9-10H2. The Labute approximate surface area is 182 Å². The number of aromatic nitrogens is 2. The number of hydrogen-bond acceptors (Lipinski definition) is 4. The molecule has 2 aromatic rings. The minimum absolute atomic E-state index is 0.0791. The molecule has 1 aromatic carbocycles. The number of hydrogen-bond donors (Lipinski definition) is 1. The van der Waals surface area contributed by atoms with Crippen LogP contribution in [0.3, 0.4) is 0 Å². The Kier molecular flexibility index (Phi) is 8.07. The fourth-order valence-electron chi connectivity index (χ4n) is 2.71. The largest absolute Gasteiger partial charge is 0.508 e. The van der Waals surface area contributed by atoms with Gasteiger partial charge in [0.1, 0.15) is 5.75 Å². The maximum absolute atomic E-state index is 13.4. The third-order valence-corrected chi connectivity index (χ3v) is 4.62. The minimum Gasteiger partial charge on any atom is -0.508 e. The monoisotopic (exact) mass is 490 g/mol. The fraction of sp³-hybridized carbons (Fsp3) is 0.500. The maximum Gasteiger partial charge on any atom is 0.460 e. The lowest BCUT2D eigenvalue weighted by atomic mass is 9.98. The highest BCUT2D eigenvalue weighted by molar-refractivity contribution is 5.55. The molecule has 2 rings (SSSR count). The van der Waals surface area contributed by atoms with E-state index in [0.717, 1.165) is 0 Å². The second kappa shape index (κ2) is 10.0.